The molecule has 2 aliphatic rings. The molecule has 158 valence electrons. The number of carbonyl (C=O) groups excluding carboxylic acids is 2. The zero-order valence-corrected chi connectivity index (χ0v) is 17.5. The van der Waals surface area contributed by atoms with E-state index in [-0.39, 0.29) is 18.4 Å². The van der Waals surface area contributed by atoms with Crippen molar-refractivity contribution in [3.8, 4) is 5.75 Å². The van der Waals surface area contributed by atoms with Crippen molar-refractivity contribution in [2.45, 2.75) is 13.0 Å². The highest BCUT2D eigenvalue weighted by Gasteiger charge is 2.34. The molecule has 2 aromatic rings. The van der Waals surface area contributed by atoms with Gasteiger partial charge in [0.1, 0.15) is 5.75 Å². The van der Waals surface area contributed by atoms with Gasteiger partial charge in [0.05, 0.1) is 32.0 Å². The smallest absolute Gasteiger partial charge is 0.265 e. The summed E-state index contributed by atoms with van der Waals surface area (Å²) in [6.45, 7) is 4.46. The zero-order valence-electron chi connectivity index (χ0n) is 16.8. The van der Waals surface area contributed by atoms with Gasteiger partial charge >= 0.3 is 0 Å². The first kappa shape index (κ1) is 20.5. The van der Waals surface area contributed by atoms with Gasteiger partial charge in [-0.2, -0.15) is 0 Å². The van der Waals surface area contributed by atoms with Crippen molar-refractivity contribution in [1.29, 1.82) is 0 Å². The topological polar surface area (TPSA) is 71.1 Å². The second-order valence-electron chi connectivity index (χ2n) is 7.40. The van der Waals surface area contributed by atoms with Gasteiger partial charge in [-0.3, -0.25) is 9.59 Å². The number of hydrogen-bond donors (Lipinski definition) is 1. The van der Waals surface area contributed by atoms with Crippen molar-refractivity contribution in [1.82, 2.24) is 4.90 Å². The largest absolute Gasteiger partial charge is 0.477 e. The number of nitrogens with zero attached hydrogens (tertiary/aromatic N) is 2. The van der Waals surface area contributed by atoms with E-state index in [9.17, 15) is 9.59 Å². The summed E-state index contributed by atoms with van der Waals surface area (Å²) in [5, 5.41) is 3.48. The molecule has 0 aliphatic carbocycles. The number of morpholine rings is 1. The van der Waals surface area contributed by atoms with Gasteiger partial charge in [-0.05, 0) is 36.8 Å². The van der Waals surface area contributed by atoms with E-state index < -0.39 is 6.10 Å². The van der Waals surface area contributed by atoms with Gasteiger partial charge in [-0.15, -0.1) is 0 Å². The molecule has 2 aromatic carbocycles. The van der Waals surface area contributed by atoms with Gasteiger partial charge < -0.3 is 24.6 Å². The van der Waals surface area contributed by atoms with E-state index in [2.05, 4.69) is 5.32 Å². The number of ether oxygens (including phenoxy) is 2. The van der Waals surface area contributed by atoms with E-state index in [4.69, 9.17) is 21.1 Å². The second-order valence-corrected chi connectivity index (χ2v) is 7.84. The molecule has 0 saturated carbocycles. The van der Waals surface area contributed by atoms with Crippen molar-refractivity contribution in [3.63, 3.8) is 0 Å². The Bertz CT molecular complexity index is 946. The standard InChI is InChI=1S/C22H24ClN3O4/c1-15-6-7-16(23)12-17(15)24-21(27)14-26-13-20(22(28)25-8-10-29-11-9-25)30-19-5-3-2-4-18(19)26/h2-7,12,20H,8-11,13-14H2,1H3,(H,24,27). The van der Waals surface area contributed by atoms with Crippen molar-refractivity contribution in [2.75, 3.05) is 49.6 Å². The minimum Gasteiger partial charge on any atom is -0.477 e. The maximum absolute atomic E-state index is 13.0. The third-order valence-electron chi connectivity index (χ3n) is 5.27. The molecule has 2 heterocycles. The summed E-state index contributed by atoms with van der Waals surface area (Å²) >= 11 is 6.06. The zero-order chi connectivity index (χ0) is 21.1. The van der Waals surface area contributed by atoms with E-state index in [1.165, 1.54) is 0 Å². The summed E-state index contributed by atoms with van der Waals surface area (Å²) in [4.78, 5) is 29.4. The number of amides is 2. The first-order chi connectivity index (χ1) is 14.5. The lowest BCUT2D eigenvalue weighted by molar-refractivity contribution is -0.142. The number of halogens is 1. The summed E-state index contributed by atoms with van der Waals surface area (Å²) in [6, 6.07) is 12.8. The van der Waals surface area contributed by atoms with Crippen LogP contribution in [0.2, 0.25) is 5.02 Å². The Morgan fingerprint density at radius 2 is 1.93 bits per heavy atom. The van der Waals surface area contributed by atoms with Crippen molar-refractivity contribution in [2.24, 2.45) is 0 Å². The second kappa shape index (κ2) is 8.93. The Labute approximate surface area is 180 Å². The van der Waals surface area contributed by atoms with Crippen LogP contribution in [0, 0.1) is 6.92 Å². The Morgan fingerprint density at radius 3 is 2.73 bits per heavy atom. The number of carbonyl (C=O) groups is 2. The van der Waals surface area contributed by atoms with Crippen molar-refractivity contribution >= 4 is 34.8 Å². The number of benzene rings is 2. The fourth-order valence-electron chi connectivity index (χ4n) is 3.66. The van der Waals surface area contributed by atoms with E-state index in [0.717, 1.165) is 11.3 Å². The molecule has 8 heteroatoms. The van der Waals surface area contributed by atoms with Crippen LogP contribution < -0.4 is 15.0 Å². The Kier molecular flexibility index (Phi) is 6.11. The highest BCUT2D eigenvalue weighted by molar-refractivity contribution is 6.31. The lowest BCUT2D eigenvalue weighted by atomic mass is 10.1. The van der Waals surface area contributed by atoms with E-state index in [1.54, 1.807) is 17.0 Å². The summed E-state index contributed by atoms with van der Waals surface area (Å²) in [5.41, 5.74) is 2.40. The first-order valence-electron chi connectivity index (χ1n) is 9.94. The lowest BCUT2D eigenvalue weighted by Gasteiger charge is -2.38. The SMILES string of the molecule is Cc1ccc(Cl)cc1NC(=O)CN1CC(C(=O)N2CCOCC2)Oc2ccccc21. The molecule has 1 N–H and O–H groups in total. The molecule has 2 amide bonds. The van der Waals surface area contributed by atoms with Crippen LogP contribution in [0.1, 0.15) is 5.56 Å². The summed E-state index contributed by atoms with van der Waals surface area (Å²) in [5.74, 6) is 0.334. The number of para-hydroxylation sites is 2. The van der Waals surface area contributed by atoms with Gasteiger partial charge in [0.25, 0.3) is 5.91 Å². The van der Waals surface area contributed by atoms with Crippen molar-refractivity contribution < 1.29 is 19.1 Å². The molecule has 2 aliphatic heterocycles. The highest BCUT2D eigenvalue weighted by Crippen LogP contribution is 2.33. The number of rotatable bonds is 4. The van der Waals surface area contributed by atoms with Crippen LogP contribution in [-0.2, 0) is 14.3 Å². The maximum Gasteiger partial charge on any atom is 0.265 e. The van der Waals surface area contributed by atoms with Gasteiger partial charge in [0.15, 0.2) is 6.10 Å². The Balaban J connectivity index is 1.50. The summed E-state index contributed by atoms with van der Waals surface area (Å²) in [7, 11) is 0. The van der Waals surface area contributed by atoms with Gasteiger partial charge in [0, 0.05) is 23.8 Å². The van der Waals surface area contributed by atoms with E-state index in [1.807, 2.05) is 42.2 Å². The molecule has 4 rings (SSSR count). The number of fused-ring (bicyclic) bond motifs is 1. The predicted molar refractivity (Wildman–Crippen MR) is 115 cm³/mol. The molecule has 0 aromatic heterocycles. The monoisotopic (exact) mass is 429 g/mol. The molecule has 1 atom stereocenters. The average molecular weight is 430 g/mol. The van der Waals surface area contributed by atoms with Gasteiger partial charge in [-0.25, -0.2) is 0 Å². The van der Waals surface area contributed by atoms with Gasteiger partial charge in [0.2, 0.25) is 5.91 Å². The van der Waals surface area contributed by atoms with E-state index in [0.29, 0.717) is 49.3 Å². The van der Waals surface area contributed by atoms with Gasteiger partial charge in [-0.1, -0.05) is 29.8 Å². The van der Waals surface area contributed by atoms with E-state index >= 15 is 0 Å². The third-order valence-corrected chi connectivity index (χ3v) is 5.50. The Hall–Kier alpha value is -2.77. The Morgan fingerprint density at radius 1 is 1.17 bits per heavy atom. The molecule has 0 spiro atoms. The molecule has 30 heavy (non-hydrogen) atoms. The molecule has 0 bridgehead atoms. The molecule has 0 radical (unpaired) electrons. The van der Waals surface area contributed by atoms with Crippen LogP contribution in [0.3, 0.4) is 0 Å². The van der Waals surface area contributed by atoms with Crippen LogP contribution in [0.25, 0.3) is 0 Å². The number of hydrogen-bond acceptors (Lipinski definition) is 5. The summed E-state index contributed by atoms with van der Waals surface area (Å²) < 4.78 is 11.3. The lowest BCUT2D eigenvalue weighted by Crippen LogP contribution is -2.53. The molecule has 7 nitrogen and oxygen atoms in total. The number of anilines is 2. The average Bonchev–Trinajstić information content (AvgIpc) is 2.76. The molecule has 1 saturated heterocycles. The summed E-state index contributed by atoms with van der Waals surface area (Å²) in [6.07, 6.45) is -0.668. The predicted octanol–water partition coefficient (Wildman–Crippen LogP) is 2.71. The van der Waals surface area contributed by atoms with Crippen LogP contribution in [0.15, 0.2) is 42.5 Å². The van der Waals surface area contributed by atoms with Crippen LogP contribution in [-0.4, -0.2) is 62.2 Å². The molecule has 1 fully saturated rings. The molecule has 1 unspecified atom stereocenters. The van der Waals surface area contributed by atoms with Crippen LogP contribution in [0.4, 0.5) is 11.4 Å². The quantitative estimate of drug-likeness (QED) is 0.809. The van der Waals surface area contributed by atoms with Crippen LogP contribution in [0.5, 0.6) is 5.75 Å². The highest BCUT2D eigenvalue weighted by atomic mass is 35.5. The first-order valence-corrected chi connectivity index (χ1v) is 10.3. The molecular formula is C22H24ClN3O4. The number of aryl methyl sites for hydroxylation is 1. The van der Waals surface area contributed by atoms with Crippen LogP contribution >= 0.6 is 11.6 Å². The maximum atomic E-state index is 13.0. The fourth-order valence-corrected chi connectivity index (χ4v) is 3.84. The number of nitrogens with one attached hydrogen (secondary N) is 1. The molecular weight excluding hydrogens is 406 g/mol. The minimum atomic E-state index is -0.668. The normalized spacial score (nSPS) is 18.4. The fraction of sp³-hybridized carbons (Fsp3) is 0.364. The minimum absolute atomic E-state index is 0.0797. The van der Waals surface area contributed by atoms with Crippen molar-refractivity contribution in [3.05, 3.63) is 53.1 Å². The third kappa shape index (κ3) is 4.52.